The lowest BCUT2D eigenvalue weighted by molar-refractivity contribution is -0.141. The first-order chi connectivity index (χ1) is 18.9. The number of esters is 1. The fourth-order valence-electron chi connectivity index (χ4n) is 5.80. The fourth-order valence-corrected chi connectivity index (χ4v) is 5.80. The molecule has 3 aromatic rings. The monoisotopic (exact) mass is 528 g/mol. The van der Waals surface area contributed by atoms with Gasteiger partial charge < -0.3 is 34.1 Å². The highest BCUT2D eigenvalue weighted by atomic mass is 16.7. The minimum Gasteiger partial charge on any atom is -0.502 e. The van der Waals surface area contributed by atoms with Gasteiger partial charge in [-0.2, -0.15) is 5.26 Å². The smallest absolute Gasteiger partial charge is 0.310 e. The van der Waals surface area contributed by atoms with Crippen LogP contribution >= 0.6 is 0 Å². The Morgan fingerprint density at radius 1 is 1.03 bits per heavy atom. The van der Waals surface area contributed by atoms with Crippen LogP contribution in [-0.2, 0) is 9.53 Å². The third-order valence-corrected chi connectivity index (χ3v) is 7.59. The van der Waals surface area contributed by atoms with E-state index in [-0.39, 0.29) is 36.6 Å². The predicted molar refractivity (Wildman–Crippen MR) is 135 cm³/mol. The van der Waals surface area contributed by atoms with Crippen molar-refractivity contribution >= 4 is 11.9 Å². The molecule has 1 amide bonds. The van der Waals surface area contributed by atoms with Gasteiger partial charge in [0.2, 0.25) is 12.5 Å². The van der Waals surface area contributed by atoms with Crippen molar-refractivity contribution in [1.82, 2.24) is 5.32 Å². The van der Waals surface area contributed by atoms with E-state index in [1.54, 1.807) is 30.3 Å². The van der Waals surface area contributed by atoms with E-state index in [4.69, 9.17) is 23.7 Å². The Bertz CT molecular complexity index is 1520. The molecule has 4 atom stereocenters. The van der Waals surface area contributed by atoms with Crippen LogP contribution in [0.4, 0.5) is 0 Å². The molecule has 1 saturated heterocycles. The van der Waals surface area contributed by atoms with Crippen molar-refractivity contribution in [3.05, 3.63) is 76.3 Å². The molecule has 1 fully saturated rings. The molecule has 2 aliphatic heterocycles. The number of carbonyl (C=O) groups excluding carboxylic acids is 2. The lowest BCUT2D eigenvalue weighted by atomic mass is 9.65. The van der Waals surface area contributed by atoms with Crippen molar-refractivity contribution in [2.24, 2.45) is 11.8 Å². The van der Waals surface area contributed by atoms with Gasteiger partial charge in [-0.05, 0) is 59.2 Å². The standard InChI is InChI=1S/C29H24N2O8/c1-35-22-7-16(8-23(36-2)27(22)32)24-17-9-20-21(39-13-38-20)10-18(17)26(19-12-37-29(34)25(19)24)31-28(33)15-5-3-4-14(6-15)11-30/h3-10,19,24-26,32H,12-13H2,1-2H3,(H,31,33)/t19?,24-,25+,26-/m1/s1. The summed E-state index contributed by atoms with van der Waals surface area (Å²) < 4.78 is 27.7. The van der Waals surface area contributed by atoms with Crippen LogP contribution in [0.3, 0.4) is 0 Å². The third kappa shape index (κ3) is 3.94. The summed E-state index contributed by atoms with van der Waals surface area (Å²) in [7, 11) is 2.87. The largest absolute Gasteiger partial charge is 0.502 e. The SMILES string of the molecule is COc1cc([C@@H]2c3cc4c(cc3[C@@H](NC(=O)c3cccc(C#N)c3)C3COC(=O)[C@@H]32)OCO4)cc(OC)c1O. The molecule has 198 valence electrons. The summed E-state index contributed by atoms with van der Waals surface area (Å²) in [6.07, 6.45) is 0. The highest BCUT2D eigenvalue weighted by Crippen LogP contribution is 2.55. The van der Waals surface area contributed by atoms with Gasteiger partial charge in [-0.1, -0.05) is 6.07 Å². The number of amides is 1. The van der Waals surface area contributed by atoms with Gasteiger partial charge in [0.15, 0.2) is 23.0 Å². The van der Waals surface area contributed by atoms with Crippen molar-refractivity contribution in [1.29, 1.82) is 5.26 Å². The molecule has 0 spiro atoms. The molecule has 10 nitrogen and oxygen atoms in total. The van der Waals surface area contributed by atoms with Crippen molar-refractivity contribution in [3.63, 3.8) is 0 Å². The second-order valence-electron chi connectivity index (χ2n) is 9.55. The quantitative estimate of drug-likeness (QED) is 0.477. The van der Waals surface area contributed by atoms with Gasteiger partial charge in [0.05, 0.1) is 44.4 Å². The van der Waals surface area contributed by atoms with Gasteiger partial charge in [0.1, 0.15) is 0 Å². The molecular weight excluding hydrogens is 504 g/mol. The van der Waals surface area contributed by atoms with E-state index in [2.05, 4.69) is 5.32 Å². The number of fused-ring (bicyclic) bond motifs is 3. The highest BCUT2D eigenvalue weighted by Gasteiger charge is 2.53. The van der Waals surface area contributed by atoms with E-state index in [0.717, 1.165) is 11.1 Å². The molecule has 39 heavy (non-hydrogen) atoms. The minimum absolute atomic E-state index is 0.0522. The molecule has 1 aliphatic carbocycles. The van der Waals surface area contributed by atoms with Gasteiger partial charge in [-0.25, -0.2) is 0 Å². The number of ether oxygens (including phenoxy) is 5. The second kappa shape index (κ2) is 9.44. The Morgan fingerprint density at radius 3 is 2.38 bits per heavy atom. The van der Waals surface area contributed by atoms with E-state index < -0.39 is 29.8 Å². The molecule has 6 rings (SSSR count). The summed E-state index contributed by atoms with van der Waals surface area (Å²) in [5, 5.41) is 22.9. The second-order valence-corrected chi connectivity index (χ2v) is 9.55. The van der Waals surface area contributed by atoms with Crippen LogP contribution in [0, 0.1) is 23.2 Å². The molecule has 2 heterocycles. The number of rotatable bonds is 5. The normalized spacial score (nSPS) is 22.2. The topological polar surface area (TPSA) is 136 Å². The number of hydrogen-bond acceptors (Lipinski definition) is 9. The van der Waals surface area contributed by atoms with E-state index in [1.807, 2.05) is 18.2 Å². The maximum absolute atomic E-state index is 13.4. The summed E-state index contributed by atoms with van der Waals surface area (Å²) in [6, 6.07) is 14.9. The zero-order valence-corrected chi connectivity index (χ0v) is 21.1. The Kier molecular flexibility index (Phi) is 5.91. The number of nitrogens with one attached hydrogen (secondary N) is 1. The average molecular weight is 529 g/mol. The number of nitriles is 1. The lowest BCUT2D eigenvalue weighted by Gasteiger charge is -2.39. The third-order valence-electron chi connectivity index (χ3n) is 7.59. The number of methoxy groups -OCH3 is 2. The Morgan fingerprint density at radius 2 is 1.72 bits per heavy atom. The predicted octanol–water partition coefficient (Wildman–Crippen LogP) is 3.42. The Balaban J connectivity index is 1.51. The van der Waals surface area contributed by atoms with Crippen LogP contribution in [0.15, 0.2) is 48.5 Å². The number of aromatic hydroxyl groups is 1. The van der Waals surface area contributed by atoms with E-state index in [1.165, 1.54) is 20.3 Å². The van der Waals surface area contributed by atoms with E-state index in [9.17, 15) is 20.0 Å². The number of cyclic esters (lactones) is 1. The number of phenols is 1. The molecule has 0 bridgehead atoms. The van der Waals surface area contributed by atoms with Crippen LogP contribution < -0.4 is 24.3 Å². The molecule has 3 aromatic carbocycles. The summed E-state index contributed by atoms with van der Waals surface area (Å²) >= 11 is 0. The van der Waals surface area contributed by atoms with Gasteiger partial charge in [0.25, 0.3) is 5.91 Å². The fraction of sp³-hybridized carbons (Fsp3) is 0.276. The van der Waals surface area contributed by atoms with Crippen molar-refractivity contribution in [3.8, 4) is 34.8 Å². The molecule has 3 aliphatic rings. The summed E-state index contributed by atoms with van der Waals surface area (Å²) in [5.74, 6) is -1.08. The number of phenolic OH excluding ortho intramolecular Hbond substituents is 1. The first kappa shape index (κ1) is 24.4. The highest BCUT2D eigenvalue weighted by molar-refractivity contribution is 5.95. The van der Waals surface area contributed by atoms with Crippen LogP contribution in [0.25, 0.3) is 0 Å². The van der Waals surface area contributed by atoms with Gasteiger partial charge in [-0.3, -0.25) is 9.59 Å². The zero-order valence-electron chi connectivity index (χ0n) is 21.1. The molecule has 0 radical (unpaired) electrons. The Labute approximate surface area is 223 Å². The zero-order chi connectivity index (χ0) is 27.3. The number of carbonyl (C=O) groups is 2. The van der Waals surface area contributed by atoms with Crippen molar-refractivity contribution in [2.75, 3.05) is 27.6 Å². The summed E-state index contributed by atoms with van der Waals surface area (Å²) in [5.41, 5.74) is 2.85. The molecular formula is C29H24N2O8. The molecule has 1 unspecified atom stereocenters. The number of hydrogen-bond donors (Lipinski definition) is 2. The lowest BCUT2D eigenvalue weighted by Crippen LogP contribution is -2.42. The molecule has 10 heteroatoms. The van der Waals surface area contributed by atoms with E-state index in [0.29, 0.717) is 28.2 Å². The number of nitrogens with zero attached hydrogens (tertiary/aromatic N) is 1. The molecule has 2 N–H and O–H groups in total. The van der Waals surface area contributed by atoms with E-state index >= 15 is 0 Å². The summed E-state index contributed by atoms with van der Waals surface area (Å²) in [4.78, 5) is 26.6. The van der Waals surface area contributed by atoms with Crippen molar-refractivity contribution in [2.45, 2.75) is 12.0 Å². The molecule has 0 saturated carbocycles. The average Bonchev–Trinajstić information content (AvgIpc) is 3.58. The first-order valence-electron chi connectivity index (χ1n) is 12.3. The minimum atomic E-state index is -0.660. The van der Waals surface area contributed by atoms with Crippen molar-refractivity contribution < 1.29 is 38.4 Å². The maximum Gasteiger partial charge on any atom is 0.310 e. The van der Waals surface area contributed by atoms with Gasteiger partial charge in [0, 0.05) is 17.4 Å². The molecule has 0 aromatic heterocycles. The van der Waals surface area contributed by atoms with Gasteiger partial charge in [-0.15, -0.1) is 0 Å². The number of benzene rings is 3. The first-order valence-corrected chi connectivity index (χ1v) is 12.3. The van der Waals surface area contributed by atoms with Crippen LogP contribution in [-0.4, -0.2) is 44.6 Å². The maximum atomic E-state index is 13.4. The van der Waals surface area contributed by atoms with Crippen LogP contribution in [0.5, 0.6) is 28.7 Å². The van der Waals surface area contributed by atoms with Crippen LogP contribution in [0.1, 0.15) is 44.6 Å². The summed E-state index contributed by atoms with van der Waals surface area (Å²) in [6.45, 7) is 0.153. The Hall–Kier alpha value is -4.91. The van der Waals surface area contributed by atoms with Crippen LogP contribution in [0.2, 0.25) is 0 Å². The van der Waals surface area contributed by atoms with Gasteiger partial charge >= 0.3 is 5.97 Å².